The summed E-state index contributed by atoms with van der Waals surface area (Å²) >= 11 is 1.27. The van der Waals surface area contributed by atoms with Crippen LogP contribution in [0.1, 0.15) is 28.1 Å². The second-order valence-corrected chi connectivity index (χ2v) is 7.58. The molecule has 31 heavy (non-hydrogen) atoms. The molecule has 2 aromatic carbocycles. The van der Waals surface area contributed by atoms with Gasteiger partial charge in [-0.15, -0.1) is 0 Å². The molecule has 0 aliphatic rings. The molecular formula is C23H21N5O2S. The molecule has 0 unspecified atom stereocenters. The molecule has 8 heteroatoms. The molecule has 1 aromatic heterocycles. The van der Waals surface area contributed by atoms with Gasteiger partial charge < -0.3 is 4.74 Å². The van der Waals surface area contributed by atoms with Crippen LogP contribution in [-0.2, 0) is 11.4 Å². The maximum absolute atomic E-state index is 12.0. The summed E-state index contributed by atoms with van der Waals surface area (Å²) in [5.74, 6) is 0.621. The lowest BCUT2D eigenvalue weighted by Gasteiger charge is -2.07. The monoisotopic (exact) mass is 431 g/mol. The lowest BCUT2D eigenvalue weighted by atomic mass is 10.1. The summed E-state index contributed by atoms with van der Waals surface area (Å²) in [4.78, 5) is 20.5. The lowest BCUT2D eigenvalue weighted by Crippen LogP contribution is -2.19. The van der Waals surface area contributed by atoms with Gasteiger partial charge in [-0.25, -0.2) is 15.4 Å². The fourth-order valence-corrected chi connectivity index (χ4v) is 3.41. The summed E-state index contributed by atoms with van der Waals surface area (Å²) in [6.45, 7) is 4.10. The third kappa shape index (κ3) is 6.94. The van der Waals surface area contributed by atoms with Crippen LogP contribution in [0.5, 0.6) is 5.75 Å². The third-order valence-corrected chi connectivity index (χ3v) is 4.96. The van der Waals surface area contributed by atoms with Crippen LogP contribution in [0.25, 0.3) is 0 Å². The molecule has 7 nitrogen and oxygen atoms in total. The number of thioether (sulfide) groups is 1. The predicted molar refractivity (Wildman–Crippen MR) is 120 cm³/mol. The number of hydrogen-bond acceptors (Lipinski definition) is 7. The summed E-state index contributed by atoms with van der Waals surface area (Å²) in [7, 11) is 0. The maximum Gasteiger partial charge on any atom is 0.250 e. The summed E-state index contributed by atoms with van der Waals surface area (Å²) < 4.78 is 5.74. The average Bonchev–Trinajstić information content (AvgIpc) is 2.77. The van der Waals surface area contributed by atoms with Crippen LogP contribution >= 0.6 is 11.8 Å². The van der Waals surface area contributed by atoms with Crippen LogP contribution < -0.4 is 10.2 Å². The topological polar surface area (TPSA) is 100 Å². The molecule has 0 saturated heterocycles. The fraction of sp³-hybridized carbons (Fsp3) is 0.174. The fourth-order valence-electron chi connectivity index (χ4n) is 2.67. The number of benzene rings is 2. The third-order valence-electron chi connectivity index (χ3n) is 4.11. The second-order valence-electron chi connectivity index (χ2n) is 6.64. The van der Waals surface area contributed by atoms with E-state index in [1.54, 1.807) is 12.3 Å². The number of rotatable bonds is 8. The van der Waals surface area contributed by atoms with Gasteiger partial charge in [-0.2, -0.15) is 10.4 Å². The van der Waals surface area contributed by atoms with Crippen molar-refractivity contribution in [3.63, 3.8) is 0 Å². The van der Waals surface area contributed by atoms with Crippen molar-refractivity contribution in [3.8, 4) is 11.8 Å². The summed E-state index contributed by atoms with van der Waals surface area (Å²) in [5, 5.41) is 13.7. The molecule has 156 valence electrons. The largest absolute Gasteiger partial charge is 0.489 e. The number of carbonyl (C=O) groups excluding carboxylic acids is 1. The molecule has 0 aliphatic carbocycles. The van der Waals surface area contributed by atoms with Crippen molar-refractivity contribution < 1.29 is 9.53 Å². The van der Waals surface area contributed by atoms with Crippen LogP contribution in [0, 0.1) is 25.2 Å². The Kier molecular flexibility index (Phi) is 7.73. The van der Waals surface area contributed by atoms with E-state index in [-0.39, 0.29) is 11.7 Å². The Bertz CT molecular complexity index is 1100. The van der Waals surface area contributed by atoms with E-state index in [1.807, 2.05) is 62.4 Å². The van der Waals surface area contributed by atoms with Crippen molar-refractivity contribution in [2.45, 2.75) is 25.6 Å². The van der Waals surface area contributed by atoms with Crippen LogP contribution in [0.2, 0.25) is 0 Å². The summed E-state index contributed by atoms with van der Waals surface area (Å²) in [6, 6.07) is 18.7. The van der Waals surface area contributed by atoms with Crippen molar-refractivity contribution in [1.82, 2.24) is 15.4 Å². The van der Waals surface area contributed by atoms with E-state index in [0.29, 0.717) is 23.1 Å². The quantitative estimate of drug-likeness (QED) is 0.252. The Morgan fingerprint density at radius 1 is 1.16 bits per heavy atom. The van der Waals surface area contributed by atoms with Crippen LogP contribution in [0.3, 0.4) is 0 Å². The zero-order valence-corrected chi connectivity index (χ0v) is 18.0. The smallest absolute Gasteiger partial charge is 0.250 e. The van der Waals surface area contributed by atoms with Gasteiger partial charge in [-0.1, -0.05) is 30.0 Å². The van der Waals surface area contributed by atoms with Crippen molar-refractivity contribution in [1.29, 1.82) is 5.26 Å². The number of hydrogen-bond donors (Lipinski definition) is 1. The number of amides is 1. The number of aromatic nitrogens is 2. The number of ether oxygens (including phenoxy) is 1. The highest BCUT2D eigenvalue weighted by Crippen LogP contribution is 2.16. The molecule has 0 spiro atoms. The molecule has 1 N–H and O–H groups in total. The van der Waals surface area contributed by atoms with Crippen molar-refractivity contribution in [3.05, 3.63) is 82.7 Å². The SMILES string of the molecule is Cc1cc(C)nc(SCC(=O)N/N=C/c2ccc(OCc3ccccc3C#N)cc2)n1. The number of nitriles is 1. The summed E-state index contributed by atoms with van der Waals surface area (Å²) in [6.07, 6.45) is 1.56. The molecule has 1 amide bonds. The van der Waals surface area contributed by atoms with Gasteiger partial charge in [0.15, 0.2) is 5.16 Å². The molecule has 0 bridgehead atoms. The number of carbonyl (C=O) groups is 1. The van der Waals surface area contributed by atoms with E-state index in [1.165, 1.54) is 11.8 Å². The molecule has 1 heterocycles. The summed E-state index contributed by atoms with van der Waals surface area (Å²) in [5.41, 5.74) is 6.49. The van der Waals surface area contributed by atoms with Crippen LogP contribution in [0.4, 0.5) is 0 Å². The molecule has 0 aliphatic heterocycles. The van der Waals surface area contributed by atoms with Gasteiger partial charge in [-0.3, -0.25) is 4.79 Å². The lowest BCUT2D eigenvalue weighted by molar-refractivity contribution is -0.118. The molecule has 0 radical (unpaired) electrons. The Morgan fingerprint density at radius 2 is 1.87 bits per heavy atom. The minimum atomic E-state index is -0.236. The molecule has 0 fully saturated rings. The first-order valence-corrected chi connectivity index (χ1v) is 10.5. The van der Waals surface area contributed by atoms with Crippen molar-refractivity contribution in [2.24, 2.45) is 5.10 Å². The van der Waals surface area contributed by atoms with Crippen molar-refractivity contribution >= 4 is 23.9 Å². The molecule has 3 rings (SSSR count). The van der Waals surface area contributed by atoms with Crippen LogP contribution in [0.15, 0.2) is 64.9 Å². The zero-order chi connectivity index (χ0) is 22.1. The number of nitrogens with one attached hydrogen (secondary N) is 1. The van der Waals surface area contributed by atoms with Gasteiger partial charge >= 0.3 is 0 Å². The highest BCUT2D eigenvalue weighted by molar-refractivity contribution is 7.99. The highest BCUT2D eigenvalue weighted by Gasteiger charge is 2.05. The van der Waals surface area contributed by atoms with Gasteiger partial charge in [-0.05, 0) is 55.8 Å². The number of aryl methyl sites for hydroxylation is 2. The van der Waals surface area contributed by atoms with E-state index < -0.39 is 0 Å². The Hall–Kier alpha value is -3.70. The standard InChI is InChI=1S/C23H21N5O2S/c1-16-11-17(2)27-23(26-16)31-15-22(29)28-25-13-18-7-9-21(10-8-18)30-14-20-6-4-3-5-19(20)12-24/h3-11,13H,14-15H2,1-2H3,(H,28,29)/b25-13+. The van der Waals surface area contributed by atoms with Crippen molar-refractivity contribution in [2.75, 3.05) is 5.75 Å². The first-order valence-electron chi connectivity index (χ1n) is 9.51. The highest BCUT2D eigenvalue weighted by atomic mass is 32.2. The maximum atomic E-state index is 12.0. The Morgan fingerprint density at radius 3 is 2.58 bits per heavy atom. The van der Waals surface area contributed by atoms with Gasteiger partial charge in [0, 0.05) is 17.0 Å². The molecule has 0 atom stereocenters. The number of hydrazone groups is 1. The Balaban J connectivity index is 1.45. The molecule has 0 saturated carbocycles. The van der Waals surface area contributed by atoms with Gasteiger partial charge in [0.05, 0.1) is 23.6 Å². The van der Waals surface area contributed by atoms with Gasteiger partial charge in [0.1, 0.15) is 12.4 Å². The van der Waals surface area contributed by atoms with E-state index in [4.69, 9.17) is 10.00 Å². The molecular weight excluding hydrogens is 410 g/mol. The predicted octanol–water partition coefficient (Wildman–Crippen LogP) is 3.79. The zero-order valence-electron chi connectivity index (χ0n) is 17.2. The first-order chi connectivity index (χ1) is 15.0. The van der Waals surface area contributed by atoms with E-state index in [9.17, 15) is 4.79 Å². The minimum absolute atomic E-state index is 0.178. The first kappa shape index (κ1) is 22.0. The molecule has 3 aromatic rings. The van der Waals surface area contributed by atoms with E-state index in [2.05, 4.69) is 26.6 Å². The van der Waals surface area contributed by atoms with Gasteiger partial charge in [0.25, 0.3) is 5.91 Å². The Labute approximate surface area is 185 Å². The second kappa shape index (κ2) is 10.9. The van der Waals surface area contributed by atoms with Gasteiger partial charge in [0.2, 0.25) is 0 Å². The number of nitrogens with zero attached hydrogens (tertiary/aromatic N) is 4. The normalized spacial score (nSPS) is 10.6. The van der Waals surface area contributed by atoms with Crippen LogP contribution in [-0.4, -0.2) is 27.8 Å². The average molecular weight is 432 g/mol. The minimum Gasteiger partial charge on any atom is -0.489 e. The van der Waals surface area contributed by atoms with E-state index in [0.717, 1.165) is 22.5 Å². The van der Waals surface area contributed by atoms with E-state index >= 15 is 0 Å².